The molecule has 1 aromatic carbocycles. The molecule has 102 valence electrons. The molecule has 0 radical (unpaired) electrons. The van der Waals surface area contributed by atoms with Gasteiger partial charge in [0.05, 0.1) is 10.8 Å². The highest BCUT2D eigenvalue weighted by atomic mass is 19.1. The minimum absolute atomic E-state index is 0.149. The van der Waals surface area contributed by atoms with E-state index in [1.54, 1.807) is 4.90 Å². The van der Waals surface area contributed by atoms with Crippen molar-refractivity contribution in [1.82, 2.24) is 0 Å². The second-order valence-corrected chi connectivity index (χ2v) is 4.49. The lowest BCUT2D eigenvalue weighted by Gasteiger charge is -2.32. The minimum atomic E-state index is -0.927. The van der Waals surface area contributed by atoms with Crippen molar-refractivity contribution in [2.24, 2.45) is 5.92 Å². The molecule has 1 unspecified atom stereocenters. The fraction of sp³-hybridized carbons (Fsp3) is 0.417. The first-order chi connectivity index (χ1) is 9.00. The summed E-state index contributed by atoms with van der Waals surface area (Å²) >= 11 is 0. The third-order valence-electron chi connectivity index (χ3n) is 3.26. The Kier molecular flexibility index (Phi) is 3.64. The molecule has 19 heavy (non-hydrogen) atoms. The van der Waals surface area contributed by atoms with Crippen LogP contribution in [0.1, 0.15) is 12.8 Å². The normalized spacial score (nSPS) is 19.2. The Morgan fingerprint density at radius 3 is 2.89 bits per heavy atom. The van der Waals surface area contributed by atoms with Crippen molar-refractivity contribution < 1.29 is 19.2 Å². The van der Waals surface area contributed by atoms with Gasteiger partial charge < -0.3 is 10.0 Å². The molecule has 1 aromatic rings. The largest absolute Gasteiger partial charge is 0.481 e. The van der Waals surface area contributed by atoms with Crippen molar-refractivity contribution in [3.8, 4) is 0 Å². The Hall–Kier alpha value is -2.18. The number of nitro groups is 1. The van der Waals surface area contributed by atoms with Gasteiger partial charge in [0.15, 0.2) is 0 Å². The fourth-order valence-corrected chi connectivity index (χ4v) is 2.34. The molecule has 1 saturated heterocycles. The Balaban J connectivity index is 2.34. The van der Waals surface area contributed by atoms with Crippen molar-refractivity contribution >= 4 is 17.3 Å². The van der Waals surface area contributed by atoms with E-state index in [-0.39, 0.29) is 12.2 Å². The zero-order valence-electron chi connectivity index (χ0n) is 10.1. The summed E-state index contributed by atoms with van der Waals surface area (Å²) < 4.78 is 13.5. The molecule has 2 rings (SSSR count). The van der Waals surface area contributed by atoms with Crippen LogP contribution >= 0.6 is 0 Å². The molecular formula is C12H13FN2O4. The number of carboxylic acid groups (broad SMARTS) is 1. The third kappa shape index (κ3) is 2.64. The SMILES string of the molecule is O=C(O)C1CCCN(c2cccc(F)c2[N+](=O)[O-])C1. The lowest BCUT2D eigenvalue weighted by molar-refractivity contribution is -0.386. The standard InChI is InChI=1S/C12H13FN2O4/c13-9-4-1-5-10(11(9)15(18)19)14-6-2-3-8(7-14)12(16)17/h1,4-5,8H,2-3,6-7H2,(H,16,17). The fourth-order valence-electron chi connectivity index (χ4n) is 2.34. The maximum absolute atomic E-state index is 13.5. The van der Waals surface area contributed by atoms with Crippen LogP contribution in [0, 0.1) is 21.8 Å². The van der Waals surface area contributed by atoms with Gasteiger partial charge >= 0.3 is 11.7 Å². The maximum Gasteiger partial charge on any atom is 0.327 e. The van der Waals surface area contributed by atoms with Crippen LogP contribution in [-0.2, 0) is 4.79 Å². The van der Waals surface area contributed by atoms with Crippen LogP contribution in [0.15, 0.2) is 18.2 Å². The molecule has 0 aliphatic carbocycles. The Labute approximate surface area is 108 Å². The molecule has 0 aromatic heterocycles. The number of halogens is 1. The van der Waals surface area contributed by atoms with Crippen LogP contribution in [0.4, 0.5) is 15.8 Å². The van der Waals surface area contributed by atoms with Crippen molar-refractivity contribution in [3.05, 3.63) is 34.1 Å². The van der Waals surface area contributed by atoms with Gasteiger partial charge in [0.25, 0.3) is 0 Å². The molecule has 1 aliphatic rings. The van der Waals surface area contributed by atoms with E-state index >= 15 is 0 Å². The van der Waals surface area contributed by atoms with Crippen molar-refractivity contribution in [2.45, 2.75) is 12.8 Å². The zero-order chi connectivity index (χ0) is 14.0. The smallest absolute Gasteiger partial charge is 0.327 e. The van der Waals surface area contributed by atoms with Crippen LogP contribution in [0.5, 0.6) is 0 Å². The molecular weight excluding hydrogens is 255 g/mol. The summed E-state index contributed by atoms with van der Waals surface area (Å²) in [7, 11) is 0. The maximum atomic E-state index is 13.5. The van der Waals surface area contributed by atoms with E-state index < -0.39 is 28.3 Å². The van der Waals surface area contributed by atoms with E-state index in [4.69, 9.17) is 5.11 Å². The lowest BCUT2D eigenvalue weighted by atomic mass is 9.97. The molecule has 1 heterocycles. The van der Waals surface area contributed by atoms with Crippen molar-refractivity contribution in [1.29, 1.82) is 0 Å². The number of rotatable bonds is 3. The van der Waals surface area contributed by atoms with Crippen molar-refractivity contribution in [3.63, 3.8) is 0 Å². The summed E-state index contributed by atoms with van der Waals surface area (Å²) in [6.07, 6.45) is 1.15. The Bertz CT molecular complexity index is 520. The molecule has 1 fully saturated rings. The van der Waals surface area contributed by atoms with Gasteiger partial charge in [0.2, 0.25) is 5.82 Å². The van der Waals surface area contributed by atoms with Crippen LogP contribution < -0.4 is 4.90 Å². The molecule has 1 N–H and O–H groups in total. The van der Waals surface area contributed by atoms with Gasteiger partial charge in [0.1, 0.15) is 5.69 Å². The third-order valence-corrected chi connectivity index (χ3v) is 3.26. The van der Waals surface area contributed by atoms with Gasteiger partial charge in [-0.05, 0) is 25.0 Å². The van der Waals surface area contributed by atoms with E-state index in [1.165, 1.54) is 12.1 Å². The van der Waals surface area contributed by atoms with Crippen LogP contribution in [-0.4, -0.2) is 29.1 Å². The number of piperidine rings is 1. The molecule has 1 aliphatic heterocycles. The van der Waals surface area contributed by atoms with E-state index in [9.17, 15) is 19.3 Å². The number of anilines is 1. The Morgan fingerprint density at radius 2 is 2.26 bits per heavy atom. The molecule has 7 heteroatoms. The number of hydrogen-bond donors (Lipinski definition) is 1. The average Bonchev–Trinajstić information content (AvgIpc) is 2.38. The van der Waals surface area contributed by atoms with E-state index in [2.05, 4.69) is 0 Å². The topological polar surface area (TPSA) is 83.7 Å². The zero-order valence-corrected chi connectivity index (χ0v) is 10.1. The van der Waals surface area contributed by atoms with Gasteiger partial charge in [0, 0.05) is 13.1 Å². The van der Waals surface area contributed by atoms with Crippen molar-refractivity contribution in [2.75, 3.05) is 18.0 Å². The quantitative estimate of drug-likeness (QED) is 0.669. The van der Waals surface area contributed by atoms with Crippen LogP contribution in [0.25, 0.3) is 0 Å². The predicted octanol–water partition coefficient (Wildman–Crippen LogP) is 2.03. The number of carbonyl (C=O) groups is 1. The number of benzene rings is 1. The summed E-state index contributed by atoms with van der Waals surface area (Å²) in [6.45, 7) is 0.660. The van der Waals surface area contributed by atoms with Crippen LogP contribution in [0.2, 0.25) is 0 Å². The Morgan fingerprint density at radius 1 is 1.53 bits per heavy atom. The molecule has 0 bridgehead atoms. The van der Waals surface area contributed by atoms with Gasteiger partial charge in [-0.1, -0.05) is 6.07 Å². The molecule has 0 saturated carbocycles. The minimum Gasteiger partial charge on any atom is -0.481 e. The number of aliphatic carboxylic acids is 1. The second kappa shape index (κ2) is 5.21. The molecule has 0 amide bonds. The summed E-state index contributed by atoms with van der Waals surface area (Å²) in [6, 6.07) is 3.87. The van der Waals surface area contributed by atoms with E-state index in [1.807, 2.05) is 0 Å². The lowest BCUT2D eigenvalue weighted by Crippen LogP contribution is -2.39. The highest BCUT2D eigenvalue weighted by molar-refractivity contribution is 5.72. The van der Waals surface area contributed by atoms with Gasteiger partial charge in [-0.2, -0.15) is 4.39 Å². The summed E-state index contributed by atoms with van der Waals surface area (Å²) in [5, 5.41) is 19.9. The number of para-hydroxylation sites is 1. The number of nitro benzene ring substituents is 1. The second-order valence-electron chi connectivity index (χ2n) is 4.49. The first-order valence-corrected chi connectivity index (χ1v) is 5.91. The summed E-state index contributed by atoms with van der Waals surface area (Å²) in [4.78, 5) is 22.7. The summed E-state index contributed by atoms with van der Waals surface area (Å²) in [5.41, 5.74) is -0.440. The van der Waals surface area contributed by atoms with Gasteiger partial charge in [-0.15, -0.1) is 0 Å². The van der Waals surface area contributed by atoms with E-state index in [0.29, 0.717) is 19.4 Å². The van der Waals surface area contributed by atoms with E-state index in [0.717, 1.165) is 6.07 Å². The monoisotopic (exact) mass is 268 g/mol. The average molecular weight is 268 g/mol. The number of nitrogens with zero attached hydrogens (tertiary/aromatic N) is 2. The highest BCUT2D eigenvalue weighted by Gasteiger charge is 2.30. The highest BCUT2D eigenvalue weighted by Crippen LogP contribution is 2.33. The predicted molar refractivity (Wildman–Crippen MR) is 65.6 cm³/mol. The van der Waals surface area contributed by atoms with Gasteiger partial charge in [-0.25, -0.2) is 0 Å². The molecule has 0 spiro atoms. The first-order valence-electron chi connectivity index (χ1n) is 5.91. The van der Waals surface area contributed by atoms with Crippen LogP contribution in [0.3, 0.4) is 0 Å². The van der Waals surface area contributed by atoms with Gasteiger partial charge in [-0.3, -0.25) is 14.9 Å². The number of hydrogen-bond acceptors (Lipinski definition) is 4. The summed E-state index contributed by atoms with van der Waals surface area (Å²) in [5.74, 6) is -2.40. The molecule has 1 atom stereocenters. The molecule has 6 nitrogen and oxygen atoms in total. The first kappa shape index (κ1) is 13.3. The number of carboxylic acids is 1.